The number of aryl methyl sites for hydroxylation is 1. The number of anilines is 1. The third-order valence-electron chi connectivity index (χ3n) is 4.50. The molecule has 1 aliphatic heterocycles. The molecule has 2 aromatic heterocycles. The van der Waals surface area contributed by atoms with E-state index >= 15 is 0 Å². The number of aromatic nitrogens is 2. The lowest BCUT2D eigenvalue weighted by Crippen LogP contribution is -2.34. The number of nitrogens with zero attached hydrogens (tertiary/aromatic N) is 2. The normalized spacial score (nSPS) is 16.0. The van der Waals surface area contributed by atoms with E-state index in [1.807, 2.05) is 49.6 Å². The van der Waals surface area contributed by atoms with Crippen LogP contribution in [-0.2, 0) is 17.8 Å². The van der Waals surface area contributed by atoms with Crippen LogP contribution in [0.3, 0.4) is 0 Å². The molecule has 0 aliphatic carbocycles. The van der Waals surface area contributed by atoms with Crippen LogP contribution in [0.4, 0.5) is 5.95 Å². The third-order valence-corrected chi connectivity index (χ3v) is 5.68. The number of rotatable bonds is 2. The number of nitrogen functional groups attached to an aromatic ring is 1. The van der Waals surface area contributed by atoms with Gasteiger partial charge in [-0.1, -0.05) is 17.7 Å². The Labute approximate surface area is 149 Å². The summed E-state index contributed by atoms with van der Waals surface area (Å²) in [5.41, 5.74) is 5.60. The maximum atomic E-state index is 13.0. The Morgan fingerprint density at radius 3 is 2.72 bits per heavy atom. The zero-order valence-electron chi connectivity index (χ0n) is 14.4. The summed E-state index contributed by atoms with van der Waals surface area (Å²) in [5.74, 6) is 6.13. The molecule has 6 nitrogen and oxygen atoms in total. The van der Waals surface area contributed by atoms with E-state index in [4.69, 9.17) is 10.6 Å². The fourth-order valence-electron chi connectivity index (χ4n) is 3.16. The van der Waals surface area contributed by atoms with Crippen molar-refractivity contribution in [1.82, 2.24) is 9.55 Å². The second-order valence-electron chi connectivity index (χ2n) is 6.96. The fraction of sp³-hybridized carbons (Fsp3) is 0.333. The molecular weight excluding hydrogens is 336 g/mol. The van der Waals surface area contributed by atoms with Gasteiger partial charge in [-0.05, 0) is 32.9 Å². The highest BCUT2D eigenvalue weighted by Crippen LogP contribution is 2.34. The Kier molecular flexibility index (Phi) is 3.68. The zero-order chi connectivity index (χ0) is 17.8. The van der Waals surface area contributed by atoms with Crippen molar-refractivity contribution in [2.45, 2.75) is 39.4 Å². The maximum Gasteiger partial charge on any atom is 0.223 e. The van der Waals surface area contributed by atoms with Gasteiger partial charge in [-0.25, -0.2) is 10.8 Å². The number of nitrogens with two attached hydrogens (primary N) is 1. The summed E-state index contributed by atoms with van der Waals surface area (Å²) >= 11 is 1.55. The van der Waals surface area contributed by atoms with Crippen molar-refractivity contribution in [2.24, 2.45) is 5.84 Å². The first kappa shape index (κ1) is 16.3. The van der Waals surface area contributed by atoms with E-state index in [1.165, 1.54) is 0 Å². The molecular formula is C18H20N4O2S. The van der Waals surface area contributed by atoms with Gasteiger partial charge in [0.1, 0.15) is 10.3 Å². The second kappa shape index (κ2) is 5.66. The van der Waals surface area contributed by atoms with E-state index in [1.54, 1.807) is 11.3 Å². The highest BCUT2D eigenvalue weighted by atomic mass is 32.1. The van der Waals surface area contributed by atoms with Crippen molar-refractivity contribution in [1.29, 1.82) is 0 Å². The summed E-state index contributed by atoms with van der Waals surface area (Å²) < 4.78 is 7.78. The average Bonchev–Trinajstić information content (AvgIpc) is 2.95. The summed E-state index contributed by atoms with van der Waals surface area (Å²) in [6.45, 7) is 6.48. The molecule has 4 rings (SSSR count). The Morgan fingerprint density at radius 2 is 2.04 bits per heavy atom. The number of ether oxygens (including phenoxy) is 1. The Balaban J connectivity index is 2.00. The van der Waals surface area contributed by atoms with Gasteiger partial charge in [-0.15, -0.1) is 11.3 Å². The molecule has 3 heterocycles. The number of imidazole rings is 1. The van der Waals surface area contributed by atoms with Crippen LogP contribution >= 0.6 is 11.3 Å². The lowest BCUT2D eigenvalue weighted by molar-refractivity contribution is -0.0386. The molecule has 0 spiro atoms. The van der Waals surface area contributed by atoms with Crippen molar-refractivity contribution in [3.05, 3.63) is 50.5 Å². The lowest BCUT2D eigenvalue weighted by Gasteiger charge is -2.30. The molecule has 1 aromatic carbocycles. The smallest absolute Gasteiger partial charge is 0.223 e. The van der Waals surface area contributed by atoms with Gasteiger partial charge in [0.2, 0.25) is 11.4 Å². The predicted octanol–water partition coefficient (Wildman–Crippen LogP) is 2.89. The zero-order valence-corrected chi connectivity index (χ0v) is 15.2. The summed E-state index contributed by atoms with van der Waals surface area (Å²) in [6, 6.07) is 8.03. The minimum Gasteiger partial charge on any atom is -0.370 e. The Hall–Kier alpha value is -2.22. The summed E-state index contributed by atoms with van der Waals surface area (Å²) in [5, 5.41) is 0. The number of hydrazine groups is 1. The van der Waals surface area contributed by atoms with Crippen LogP contribution in [0.2, 0.25) is 0 Å². The second-order valence-corrected chi connectivity index (χ2v) is 8.05. The standard InChI is InChI=1S/C18H20N4O2S/c1-10-4-6-11(7-5-10)22-16-14(20-17(22)21-19)15(23)12-8-18(2,3)24-9-13(12)25-16/h4-7H,8-9,19H2,1-3H3,(H,20,21). The molecule has 0 atom stereocenters. The number of benzene rings is 1. The van der Waals surface area contributed by atoms with Crippen molar-refractivity contribution < 1.29 is 4.74 Å². The van der Waals surface area contributed by atoms with Crippen molar-refractivity contribution >= 4 is 27.6 Å². The summed E-state index contributed by atoms with van der Waals surface area (Å²) in [6.07, 6.45) is 0.594. The van der Waals surface area contributed by atoms with E-state index in [0.717, 1.165) is 26.5 Å². The van der Waals surface area contributed by atoms with Gasteiger partial charge in [0.15, 0.2) is 0 Å². The van der Waals surface area contributed by atoms with Gasteiger partial charge in [0.05, 0.1) is 12.2 Å². The molecule has 0 amide bonds. The summed E-state index contributed by atoms with van der Waals surface area (Å²) in [7, 11) is 0. The highest BCUT2D eigenvalue weighted by molar-refractivity contribution is 7.18. The maximum absolute atomic E-state index is 13.0. The lowest BCUT2D eigenvalue weighted by atomic mass is 9.95. The molecule has 130 valence electrons. The van der Waals surface area contributed by atoms with Gasteiger partial charge >= 0.3 is 0 Å². The van der Waals surface area contributed by atoms with E-state index in [-0.39, 0.29) is 11.0 Å². The van der Waals surface area contributed by atoms with Gasteiger partial charge in [-0.3, -0.25) is 14.8 Å². The molecule has 0 fully saturated rings. The Bertz CT molecular complexity index is 1020. The van der Waals surface area contributed by atoms with Gasteiger partial charge in [0.25, 0.3) is 0 Å². The SMILES string of the molecule is Cc1ccc(-n2c(NN)nc3c(=O)c4c(sc32)COC(C)(C)C4)cc1. The minimum atomic E-state index is -0.332. The van der Waals surface area contributed by atoms with Gasteiger partial charge in [-0.2, -0.15) is 0 Å². The predicted molar refractivity (Wildman–Crippen MR) is 100 cm³/mol. The fourth-order valence-corrected chi connectivity index (χ4v) is 4.32. The summed E-state index contributed by atoms with van der Waals surface area (Å²) in [4.78, 5) is 19.3. The molecule has 3 aromatic rings. The van der Waals surface area contributed by atoms with Gasteiger partial charge in [0, 0.05) is 22.5 Å². The Morgan fingerprint density at radius 1 is 1.32 bits per heavy atom. The quantitative estimate of drug-likeness (QED) is 0.545. The van der Waals surface area contributed by atoms with Crippen LogP contribution in [0.5, 0.6) is 0 Å². The molecule has 7 heteroatoms. The van der Waals surface area contributed by atoms with Crippen LogP contribution < -0.4 is 16.7 Å². The largest absolute Gasteiger partial charge is 0.370 e. The average molecular weight is 356 g/mol. The molecule has 0 bridgehead atoms. The number of nitrogens with one attached hydrogen (secondary N) is 1. The number of hydrogen-bond donors (Lipinski definition) is 2. The number of fused-ring (bicyclic) bond motifs is 2. The van der Waals surface area contributed by atoms with Crippen molar-refractivity contribution in [3.8, 4) is 5.69 Å². The molecule has 0 radical (unpaired) electrons. The van der Waals surface area contributed by atoms with E-state index in [2.05, 4.69) is 10.4 Å². The number of hydrogen-bond acceptors (Lipinski definition) is 6. The van der Waals surface area contributed by atoms with E-state index in [0.29, 0.717) is 24.5 Å². The molecule has 0 unspecified atom stereocenters. The first-order valence-corrected chi connectivity index (χ1v) is 8.96. The first-order valence-electron chi connectivity index (χ1n) is 8.14. The van der Waals surface area contributed by atoms with Crippen LogP contribution in [0.1, 0.15) is 29.9 Å². The van der Waals surface area contributed by atoms with E-state index in [9.17, 15) is 4.79 Å². The minimum absolute atomic E-state index is 0.0255. The molecule has 1 aliphatic rings. The molecule has 25 heavy (non-hydrogen) atoms. The molecule has 0 saturated carbocycles. The van der Waals surface area contributed by atoms with Crippen LogP contribution in [-0.4, -0.2) is 15.2 Å². The van der Waals surface area contributed by atoms with Gasteiger partial charge < -0.3 is 4.74 Å². The van der Waals surface area contributed by atoms with Crippen LogP contribution in [0.15, 0.2) is 29.1 Å². The highest BCUT2D eigenvalue weighted by Gasteiger charge is 2.30. The molecule has 3 N–H and O–H groups in total. The molecule has 0 saturated heterocycles. The van der Waals surface area contributed by atoms with E-state index < -0.39 is 0 Å². The topological polar surface area (TPSA) is 82.2 Å². The van der Waals surface area contributed by atoms with Crippen LogP contribution in [0, 0.1) is 6.92 Å². The van der Waals surface area contributed by atoms with Crippen LogP contribution in [0.25, 0.3) is 16.0 Å². The monoisotopic (exact) mass is 356 g/mol. The van der Waals surface area contributed by atoms with Crippen molar-refractivity contribution in [3.63, 3.8) is 0 Å². The third kappa shape index (κ3) is 2.64. The first-order chi connectivity index (χ1) is 11.9. The van der Waals surface area contributed by atoms with Crippen molar-refractivity contribution in [2.75, 3.05) is 5.43 Å².